The first-order valence-corrected chi connectivity index (χ1v) is 7.68. The van der Waals surface area contributed by atoms with Gasteiger partial charge in [-0.25, -0.2) is 14.6 Å². The van der Waals surface area contributed by atoms with Gasteiger partial charge in [0, 0.05) is 12.4 Å². The van der Waals surface area contributed by atoms with Gasteiger partial charge in [0.2, 0.25) is 5.95 Å². The number of benzene rings is 1. The zero-order valence-corrected chi connectivity index (χ0v) is 13.8. The fourth-order valence-electron chi connectivity index (χ4n) is 2.17. The molecule has 0 aliphatic rings. The Labute approximate surface area is 144 Å². The van der Waals surface area contributed by atoms with Gasteiger partial charge in [-0.15, -0.1) is 5.10 Å². The smallest absolute Gasteiger partial charge is 0.292 e. The zero-order chi connectivity index (χ0) is 17.6. The highest BCUT2D eigenvalue weighted by Crippen LogP contribution is 2.17. The molecule has 0 atom stereocenters. The highest BCUT2D eigenvalue weighted by Gasteiger charge is 2.17. The van der Waals surface area contributed by atoms with E-state index in [4.69, 9.17) is 4.74 Å². The number of anilines is 1. The summed E-state index contributed by atoms with van der Waals surface area (Å²) in [6, 6.07) is 9.07. The third-order valence-corrected chi connectivity index (χ3v) is 3.36. The van der Waals surface area contributed by atoms with Crippen molar-refractivity contribution in [3.63, 3.8) is 0 Å². The van der Waals surface area contributed by atoms with Crippen LogP contribution in [0.25, 0.3) is 5.69 Å². The number of rotatable bonds is 6. The number of hydrogen-bond acceptors (Lipinski definition) is 7. The van der Waals surface area contributed by atoms with E-state index in [0.29, 0.717) is 12.3 Å². The topological polar surface area (TPSA) is 107 Å². The highest BCUT2D eigenvalue weighted by molar-refractivity contribution is 5.93. The second-order valence-corrected chi connectivity index (χ2v) is 5.01. The minimum atomic E-state index is -0.429. The quantitative estimate of drug-likeness (QED) is 0.656. The number of hydrogen-bond donors (Lipinski definition) is 2. The normalized spacial score (nSPS) is 10.3. The standard InChI is InChI=1S/C16H17N7O2/c1-3-25-13-7-5-12(6-8-13)23-11(2)14(19-22-23)15(24)20-21-16-17-9-4-10-18-16/h4-10H,3H2,1-2H3,(H,20,24)(H,17,18,21). The van der Waals surface area contributed by atoms with Gasteiger partial charge in [0.25, 0.3) is 5.91 Å². The molecule has 25 heavy (non-hydrogen) atoms. The molecular weight excluding hydrogens is 322 g/mol. The molecule has 128 valence electrons. The average Bonchev–Trinajstić information content (AvgIpc) is 3.03. The van der Waals surface area contributed by atoms with Crippen molar-refractivity contribution in [2.45, 2.75) is 13.8 Å². The lowest BCUT2D eigenvalue weighted by Gasteiger charge is -2.07. The van der Waals surface area contributed by atoms with Gasteiger partial charge in [0.1, 0.15) is 5.75 Å². The van der Waals surface area contributed by atoms with E-state index in [1.54, 1.807) is 30.1 Å². The molecule has 0 aliphatic carbocycles. The SMILES string of the molecule is CCOc1ccc(-n2nnc(C(=O)NNc3ncccn3)c2C)cc1. The molecule has 9 heteroatoms. The van der Waals surface area contributed by atoms with Crippen LogP contribution in [0.4, 0.5) is 5.95 Å². The van der Waals surface area contributed by atoms with E-state index in [-0.39, 0.29) is 11.6 Å². The number of carbonyl (C=O) groups is 1. The Balaban J connectivity index is 1.72. The van der Waals surface area contributed by atoms with Crippen molar-refractivity contribution in [1.29, 1.82) is 0 Å². The second kappa shape index (κ2) is 7.39. The van der Waals surface area contributed by atoms with E-state index in [1.165, 1.54) is 0 Å². The van der Waals surface area contributed by atoms with Crippen LogP contribution in [0.2, 0.25) is 0 Å². The lowest BCUT2D eigenvalue weighted by molar-refractivity contribution is 0.0956. The summed E-state index contributed by atoms with van der Waals surface area (Å²) >= 11 is 0. The Morgan fingerprint density at radius 2 is 1.92 bits per heavy atom. The van der Waals surface area contributed by atoms with Crippen LogP contribution in [0.15, 0.2) is 42.7 Å². The van der Waals surface area contributed by atoms with Gasteiger partial charge in [-0.3, -0.25) is 15.6 Å². The van der Waals surface area contributed by atoms with Crippen LogP contribution in [-0.2, 0) is 0 Å². The summed E-state index contributed by atoms with van der Waals surface area (Å²) in [4.78, 5) is 20.2. The summed E-state index contributed by atoms with van der Waals surface area (Å²) in [7, 11) is 0. The number of nitrogens with one attached hydrogen (secondary N) is 2. The Kier molecular flexibility index (Phi) is 4.84. The molecule has 0 fully saturated rings. The van der Waals surface area contributed by atoms with Crippen molar-refractivity contribution in [3.05, 3.63) is 54.1 Å². The van der Waals surface area contributed by atoms with Crippen molar-refractivity contribution in [2.24, 2.45) is 0 Å². The molecule has 0 aliphatic heterocycles. The van der Waals surface area contributed by atoms with Gasteiger partial charge in [0.05, 0.1) is 18.0 Å². The van der Waals surface area contributed by atoms with Crippen LogP contribution in [-0.4, -0.2) is 37.5 Å². The van der Waals surface area contributed by atoms with Crippen LogP contribution < -0.4 is 15.6 Å². The summed E-state index contributed by atoms with van der Waals surface area (Å²) in [6.45, 7) is 4.30. The lowest BCUT2D eigenvalue weighted by atomic mass is 10.2. The fraction of sp³-hybridized carbons (Fsp3) is 0.188. The Morgan fingerprint density at radius 3 is 2.60 bits per heavy atom. The maximum absolute atomic E-state index is 12.3. The third kappa shape index (κ3) is 3.71. The number of carbonyl (C=O) groups excluding carboxylic acids is 1. The molecule has 0 unspecified atom stereocenters. The van der Waals surface area contributed by atoms with E-state index in [9.17, 15) is 4.79 Å². The fourth-order valence-corrected chi connectivity index (χ4v) is 2.17. The highest BCUT2D eigenvalue weighted by atomic mass is 16.5. The second-order valence-electron chi connectivity index (χ2n) is 5.01. The van der Waals surface area contributed by atoms with Crippen molar-refractivity contribution in [2.75, 3.05) is 12.0 Å². The Morgan fingerprint density at radius 1 is 1.20 bits per heavy atom. The van der Waals surface area contributed by atoms with E-state index < -0.39 is 5.91 Å². The molecule has 1 aromatic carbocycles. The Hall–Kier alpha value is -3.49. The summed E-state index contributed by atoms with van der Waals surface area (Å²) in [5.41, 5.74) is 6.72. The molecule has 0 saturated heterocycles. The molecular formula is C16H17N7O2. The number of nitrogens with zero attached hydrogens (tertiary/aromatic N) is 5. The summed E-state index contributed by atoms with van der Waals surface area (Å²) < 4.78 is 7.00. The van der Waals surface area contributed by atoms with Crippen LogP contribution in [0, 0.1) is 6.92 Å². The van der Waals surface area contributed by atoms with Crippen molar-refractivity contribution >= 4 is 11.9 Å². The predicted octanol–water partition coefficient (Wildman–Crippen LogP) is 1.52. The van der Waals surface area contributed by atoms with Crippen molar-refractivity contribution < 1.29 is 9.53 Å². The number of amides is 1. The van der Waals surface area contributed by atoms with Crippen LogP contribution in [0.5, 0.6) is 5.75 Å². The van der Waals surface area contributed by atoms with E-state index in [2.05, 4.69) is 31.1 Å². The molecule has 0 radical (unpaired) electrons. The van der Waals surface area contributed by atoms with Crippen molar-refractivity contribution in [3.8, 4) is 11.4 Å². The summed E-state index contributed by atoms with van der Waals surface area (Å²) in [5.74, 6) is 0.628. The van der Waals surface area contributed by atoms with Gasteiger partial charge in [-0.2, -0.15) is 0 Å². The van der Waals surface area contributed by atoms with Gasteiger partial charge < -0.3 is 4.74 Å². The monoisotopic (exact) mass is 339 g/mol. The molecule has 1 amide bonds. The molecule has 0 spiro atoms. The van der Waals surface area contributed by atoms with Crippen LogP contribution >= 0.6 is 0 Å². The lowest BCUT2D eigenvalue weighted by Crippen LogP contribution is -2.31. The first-order valence-electron chi connectivity index (χ1n) is 7.68. The molecule has 9 nitrogen and oxygen atoms in total. The first kappa shape index (κ1) is 16.4. The summed E-state index contributed by atoms with van der Waals surface area (Å²) in [5, 5.41) is 8.00. The van der Waals surface area contributed by atoms with Crippen molar-refractivity contribution in [1.82, 2.24) is 30.4 Å². The number of hydrazine groups is 1. The van der Waals surface area contributed by atoms with E-state index in [0.717, 1.165) is 11.4 Å². The molecule has 0 saturated carbocycles. The molecule has 2 N–H and O–H groups in total. The zero-order valence-electron chi connectivity index (χ0n) is 13.8. The average molecular weight is 339 g/mol. The molecule has 3 aromatic rings. The van der Waals surface area contributed by atoms with E-state index in [1.807, 2.05) is 31.2 Å². The van der Waals surface area contributed by atoms with E-state index >= 15 is 0 Å². The van der Waals surface area contributed by atoms with Gasteiger partial charge >= 0.3 is 0 Å². The molecule has 3 rings (SSSR count). The minimum Gasteiger partial charge on any atom is -0.494 e. The Bertz CT molecular complexity index is 847. The molecule has 2 aromatic heterocycles. The van der Waals surface area contributed by atoms with Gasteiger partial charge in [-0.05, 0) is 44.2 Å². The number of ether oxygens (including phenoxy) is 1. The third-order valence-electron chi connectivity index (χ3n) is 3.36. The maximum atomic E-state index is 12.3. The predicted molar refractivity (Wildman–Crippen MR) is 90.4 cm³/mol. The largest absolute Gasteiger partial charge is 0.494 e. The molecule has 2 heterocycles. The first-order chi connectivity index (χ1) is 12.2. The van der Waals surface area contributed by atoms with Crippen LogP contribution in [0.3, 0.4) is 0 Å². The number of aromatic nitrogens is 5. The summed E-state index contributed by atoms with van der Waals surface area (Å²) in [6.07, 6.45) is 3.13. The minimum absolute atomic E-state index is 0.206. The van der Waals surface area contributed by atoms with Gasteiger partial charge in [0.15, 0.2) is 5.69 Å². The van der Waals surface area contributed by atoms with Crippen LogP contribution in [0.1, 0.15) is 23.1 Å². The molecule has 0 bridgehead atoms. The van der Waals surface area contributed by atoms with Gasteiger partial charge in [-0.1, -0.05) is 5.21 Å². The maximum Gasteiger partial charge on any atom is 0.292 e.